The normalized spacial score (nSPS) is 30.8. The van der Waals surface area contributed by atoms with Gasteiger partial charge in [0.05, 0.1) is 6.04 Å². The van der Waals surface area contributed by atoms with Crippen molar-refractivity contribution in [3.8, 4) is 0 Å². The second-order valence-electron chi connectivity index (χ2n) is 7.63. The molecule has 0 unspecified atom stereocenters. The second-order valence-corrected chi connectivity index (χ2v) is 7.63. The van der Waals surface area contributed by atoms with Gasteiger partial charge >= 0.3 is 6.09 Å². The summed E-state index contributed by atoms with van der Waals surface area (Å²) in [6.07, 6.45) is 1.12. The fourth-order valence-corrected chi connectivity index (χ4v) is 4.69. The lowest BCUT2D eigenvalue weighted by Crippen LogP contribution is -2.50. The van der Waals surface area contributed by atoms with Crippen molar-refractivity contribution in [3.05, 3.63) is 83.4 Å². The Balaban J connectivity index is 1.83. The van der Waals surface area contributed by atoms with Crippen LogP contribution in [0.15, 0.2) is 72.3 Å². The topological polar surface area (TPSA) is 55.8 Å². The summed E-state index contributed by atoms with van der Waals surface area (Å²) in [5.74, 6) is 0.00428. The Hall–Kier alpha value is -2.92. The molecule has 5 nitrogen and oxygen atoms in total. The van der Waals surface area contributed by atoms with E-state index >= 15 is 0 Å². The lowest BCUT2D eigenvalue weighted by Gasteiger charge is -2.38. The average molecular weight is 391 g/mol. The van der Waals surface area contributed by atoms with Gasteiger partial charge in [0, 0.05) is 19.1 Å². The van der Waals surface area contributed by atoms with Gasteiger partial charge in [-0.1, -0.05) is 66.7 Å². The first-order valence-corrected chi connectivity index (χ1v) is 9.85. The molecule has 1 saturated heterocycles. The number of nitrogens with zero attached hydrogens (tertiary/aromatic N) is 1. The van der Waals surface area contributed by atoms with E-state index in [2.05, 4.69) is 0 Å². The van der Waals surface area contributed by atoms with Gasteiger partial charge in [0.15, 0.2) is 11.9 Å². The van der Waals surface area contributed by atoms with Crippen molar-refractivity contribution in [2.24, 2.45) is 0 Å². The Kier molecular flexibility index (Phi) is 5.01. The van der Waals surface area contributed by atoms with Gasteiger partial charge in [-0.2, -0.15) is 0 Å². The molecule has 0 N–H and O–H groups in total. The molecule has 2 fully saturated rings. The molecule has 2 aromatic carbocycles. The van der Waals surface area contributed by atoms with E-state index in [4.69, 9.17) is 9.47 Å². The van der Waals surface area contributed by atoms with E-state index in [-0.39, 0.29) is 18.2 Å². The standard InChI is InChI=1S/C24H25NO4/c1-4-18-19(26)15-20(24(18,2)28-3)25-21(16-11-7-5-8-12-16)22(29-23(25)27)17-13-9-6-10-14-17/h4-14,20-22H,15H2,1-3H3/b18-4+/t20-,21+,22-,24-/m0/s1. The number of Topliss-reactive ketones (excluding diaryl/α,β-unsaturated/α-hetero) is 1. The molecule has 4 atom stereocenters. The van der Waals surface area contributed by atoms with Crippen LogP contribution >= 0.6 is 0 Å². The summed E-state index contributed by atoms with van der Waals surface area (Å²) in [5.41, 5.74) is 1.61. The van der Waals surface area contributed by atoms with Crippen molar-refractivity contribution in [2.75, 3.05) is 7.11 Å². The SMILES string of the molecule is C/C=C1\C(=O)C[C@H](N2C(=O)O[C@@H](c3ccccc3)[C@H]2c2ccccc2)[C@@]1(C)OC. The Morgan fingerprint density at radius 1 is 1.03 bits per heavy atom. The Labute approximate surface area is 170 Å². The number of methoxy groups -OCH3 is 1. The number of ketones is 1. The van der Waals surface area contributed by atoms with E-state index in [9.17, 15) is 9.59 Å². The van der Waals surface area contributed by atoms with Crippen molar-refractivity contribution in [3.63, 3.8) is 0 Å². The quantitative estimate of drug-likeness (QED) is 0.714. The average Bonchev–Trinajstić information content (AvgIpc) is 3.22. The molecule has 4 rings (SSSR count). The summed E-state index contributed by atoms with van der Waals surface area (Å²) in [6.45, 7) is 3.71. The first-order valence-electron chi connectivity index (χ1n) is 9.85. The zero-order valence-electron chi connectivity index (χ0n) is 16.9. The van der Waals surface area contributed by atoms with E-state index in [1.165, 1.54) is 0 Å². The molecule has 29 heavy (non-hydrogen) atoms. The largest absolute Gasteiger partial charge is 0.439 e. The molecule has 1 aliphatic heterocycles. The zero-order valence-corrected chi connectivity index (χ0v) is 16.9. The third-order valence-electron chi connectivity index (χ3n) is 6.19. The zero-order chi connectivity index (χ0) is 20.6. The molecule has 2 aromatic rings. The molecule has 0 bridgehead atoms. The molecule has 1 amide bonds. The van der Waals surface area contributed by atoms with E-state index < -0.39 is 23.8 Å². The van der Waals surface area contributed by atoms with Gasteiger partial charge in [-0.15, -0.1) is 0 Å². The Bertz CT molecular complexity index is 940. The Morgan fingerprint density at radius 3 is 2.17 bits per heavy atom. The van der Waals surface area contributed by atoms with E-state index in [0.29, 0.717) is 5.57 Å². The number of carbonyl (C=O) groups excluding carboxylic acids is 2. The highest BCUT2D eigenvalue weighted by Crippen LogP contribution is 2.49. The third kappa shape index (κ3) is 3.06. The number of cyclic esters (lactones) is 1. The third-order valence-corrected chi connectivity index (χ3v) is 6.19. The maximum absolute atomic E-state index is 13.2. The molecule has 0 radical (unpaired) electrons. The van der Waals surface area contributed by atoms with Gasteiger partial charge in [0.2, 0.25) is 0 Å². The monoisotopic (exact) mass is 391 g/mol. The van der Waals surface area contributed by atoms with Crippen LogP contribution in [0.3, 0.4) is 0 Å². The number of benzene rings is 2. The molecule has 1 heterocycles. The lowest BCUT2D eigenvalue weighted by molar-refractivity contribution is -0.115. The fraction of sp³-hybridized carbons (Fsp3) is 0.333. The van der Waals surface area contributed by atoms with Crippen LogP contribution in [0.4, 0.5) is 4.79 Å². The van der Waals surface area contributed by atoms with Crippen LogP contribution in [0, 0.1) is 0 Å². The smallest absolute Gasteiger partial charge is 0.411 e. The van der Waals surface area contributed by atoms with Crippen LogP contribution in [0.1, 0.15) is 43.5 Å². The van der Waals surface area contributed by atoms with Crippen molar-refractivity contribution in [1.82, 2.24) is 4.90 Å². The fourth-order valence-electron chi connectivity index (χ4n) is 4.69. The molecular formula is C24H25NO4. The number of allylic oxidation sites excluding steroid dienone is 1. The molecule has 0 spiro atoms. The minimum absolute atomic E-state index is 0.00428. The molecule has 1 aliphatic carbocycles. The number of hydrogen-bond acceptors (Lipinski definition) is 4. The van der Waals surface area contributed by atoms with Gasteiger partial charge < -0.3 is 9.47 Å². The molecule has 2 aliphatic rings. The minimum atomic E-state index is -0.885. The maximum Gasteiger partial charge on any atom is 0.411 e. The molecule has 1 saturated carbocycles. The Morgan fingerprint density at radius 2 is 1.62 bits per heavy atom. The maximum atomic E-state index is 13.2. The van der Waals surface area contributed by atoms with Gasteiger partial charge in [0.1, 0.15) is 11.6 Å². The summed E-state index contributed by atoms with van der Waals surface area (Å²) in [6, 6.07) is 18.8. The van der Waals surface area contributed by atoms with Crippen molar-refractivity contribution >= 4 is 11.9 Å². The first kappa shape index (κ1) is 19.4. The van der Waals surface area contributed by atoms with Crippen LogP contribution in [0.25, 0.3) is 0 Å². The van der Waals surface area contributed by atoms with Crippen molar-refractivity contribution in [2.45, 2.75) is 44.1 Å². The van der Waals surface area contributed by atoms with E-state index in [0.717, 1.165) is 11.1 Å². The molecular weight excluding hydrogens is 366 g/mol. The highest BCUT2D eigenvalue weighted by atomic mass is 16.6. The van der Waals surface area contributed by atoms with Gasteiger partial charge in [0.25, 0.3) is 0 Å². The number of carbonyl (C=O) groups is 2. The van der Waals surface area contributed by atoms with Crippen LogP contribution in [-0.2, 0) is 14.3 Å². The number of rotatable bonds is 4. The summed E-state index contributed by atoms with van der Waals surface area (Å²) in [7, 11) is 1.59. The first-order chi connectivity index (χ1) is 14.0. The van der Waals surface area contributed by atoms with Gasteiger partial charge in [-0.3, -0.25) is 9.69 Å². The highest BCUT2D eigenvalue weighted by Gasteiger charge is 2.57. The summed E-state index contributed by atoms with van der Waals surface area (Å²) >= 11 is 0. The molecule has 150 valence electrons. The van der Waals surface area contributed by atoms with Crippen LogP contribution in [0.2, 0.25) is 0 Å². The number of amides is 1. The van der Waals surface area contributed by atoms with Gasteiger partial charge in [-0.25, -0.2) is 4.79 Å². The van der Waals surface area contributed by atoms with Crippen LogP contribution < -0.4 is 0 Å². The van der Waals surface area contributed by atoms with E-state index in [1.54, 1.807) is 18.1 Å². The summed E-state index contributed by atoms with van der Waals surface area (Å²) < 4.78 is 11.7. The minimum Gasteiger partial charge on any atom is -0.439 e. The molecule has 0 aromatic heterocycles. The van der Waals surface area contributed by atoms with Crippen molar-refractivity contribution < 1.29 is 19.1 Å². The summed E-state index contributed by atoms with van der Waals surface area (Å²) in [5, 5.41) is 0. The lowest BCUT2D eigenvalue weighted by atomic mass is 9.90. The molecule has 5 heteroatoms. The van der Waals surface area contributed by atoms with Gasteiger partial charge in [-0.05, 0) is 25.0 Å². The van der Waals surface area contributed by atoms with Crippen LogP contribution in [0.5, 0.6) is 0 Å². The highest BCUT2D eigenvalue weighted by molar-refractivity contribution is 6.01. The van der Waals surface area contributed by atoms with Crippen molar-refractivity contribution in [1.29, 1.82) is 0 Å². The second kappa shape index (κ2) is 7.48. The predicted molar refractivity (Wildman–Crippen MR) is 109 cm³/mol. The van der Waals surface area contributed by atoms with E-state index in [1.807, 2.05) is 74.5 Å². The predicted octanol–water partition coefficient (Wildman–Crippen LogP) is 4.61. The van der Waals surface area contributed by atoms with Crippen LogP contribution in [-0.4, -0.2) is 35.5 Å². The number of hydrogen-bond donors (Lipinski definition) is 0. The number of ether oxygens (including phenoxy) is 2. The summed E-state index contributed by atoms with van der Waals surface area (Å²) in [4.78, 5) is 27.6.